The number of aromatic carboxylic acids is 1. The predicted molar refractivity (Wildman–Crippen MR) is 348 cm³/mol. The number of hydrogen-bond acceptors (Lipinski definition) is 7. The van der Waals surface area contributed by atoms with Gasteiger partial charge in [-0.15, -0.1) is 0 Å². The van der Waals surface area contributed by atoms with Crippen molar-refractivity contribution >= 4 is 100.0 Å². The summed E-state index contributed by atoms with van der Waals surface area (Å²) >= 11 is 3.90. The first-order chi connectivity index (χ1) is 40.4. The van der Waals surface area contributed by atoms with E-state index < -0.39 is 45.8 Å². The van der Waals surface area contributed by atoms with Gasteiger partial charge in [0.2, 0.25) is 0 Å². The Labute approximate surface area is 511 Å². The molecular weight excluding hydrogens is 1140 g/mol. The molecule has 10 nitrogen and oxygen atoms in total. The number of amides is 4. The van der Waals surface area contributed by atoms with E-state index in [0.29, 0.717) is 50.2 Å². The molecule has 0 spiro atoms. The number of anilines is 2. The number of nitrogens with zero attached hydrogens (tertiary/aromatic N) is 2. The predicted octanol–water partition coefficient (Wildman–Crippen LogP) is 19.4. The number of carboxylic acid groups (broad SMARTS) is 1. The van der Waals surface area contributed by atoms with Crippen LogP contribution in [0.1, 0.15) is 233 Å². The van der Waals surface area contributed by atoms with Gasteiger partial charge >= 0.3 is 5.97 Å². The van der Waals surface area contributed by atoms with Crippen molar-refractivity contribution in [3.05, 3.63) is 174 Å². The second-order valence-corrected chi connectivity index (χ2v) is 29.1. The van der Waals surface area contributed by atoms with E-state index in [4.69, 9.17) is 9.47 Å². The van der Waals surface area contributed by atoms with Gasteiger partial charge in [0.05, 0.1) is 15.8 Å². The fraction of sp³-hybridized carbons (Fsp3) is 0.347. The lowest BCUT2D eigenvalue weighted by Gasteiger charge is -2.40. The fourth-order valence-electron chi connectivity index (χ4n) is 13.8. The highest BCUT2D eigenvalue weighted by Crippen LogP contribution is 2.59. The summed E-state index contributed by atoms with van der Waals surface area (Å²) in [6.07, 6.45) is 3.28. The van der Waals surface area contributed by atoms with Gasteiger partial charge in [0.15, 0.2) is 11.5 Å². The van der Waals surface area contributed by atoms with E-state index in [2.05, 4.69) is 157 Å². The molecule has 9 aromatic rings. The molecule has 0 saturated heterocycles. The van der Waals surface area contributed by atoms with E-state index in [1.165, 1.54) is 15.4 Å². The van der Waals surface area contributed by atoms with Crippen LogP contribution < -0.4 is 19.3 Å². The molecule has 9 aromatic carbocycles. The summed E-state index contributed by atoms with van der Waals surface area (Å²) in [6.45, 7) is 34.4. The number of carboxylic acids is 1. The Balaban J connectivity index is 0.956. The first-order valence-corrected chi connectivity index (χ1v) is 31.1. The Kier molecular flexibility index (Phi) is 12.3. The largest absolute Gasteiger partial charge is 0.478 e. The summed E-state index contributed by atoms with van der Waals surface area (Å²) in [7, 11) is 0. The van der Waals surface area contributed by atoms with Crippen LogP contribution in [0.15, 0.2) is 102 Å². The maximum atomic E-state index is 15.6. The zero-order valence-electron chi connectivity index (χ0n) is 52.1. The molecule has 0 atom stereocenters. The van der Waals surface area contributed by atoms with Crippen LogP contribution in [0.25, 0.3) is 43.1 Å². The third kappa shape index (κ3) is 7.70. The highest BCUT2D eigenvalue weighted by molar-refractivity contribution is 9.10. The minimum absolute atomic E-state index is 0.0119. The lowest BCUT2D eigenvalue weighted by atomic mass is 9.70. The maximum Gasteiger partial charge on any atom is 0.339 e. The average molecular weight is 1210 g/mol. The topological polar surface area (TPSA) is 131 Å². The molecule has 0 radical (unpaired) electrons. The summed E-state index contributed by atoms with van der Waals surface area (Å²) < 4.78 is 14.7. The van der Waals surface area contributed by atoms with E-state index in [0.717, 1.165) is 101 Å². The van der Waals surface area contributed by atoms with Crippen LogP contribution in [0.2, 0.25) is 0 Å². The van der Waals surface area contributed by atoms with E-state index in [1.54, 1.807) is 30.3 Å². The summed E-state index contributed by atoms with van der Waals surface area (Å²) in [4.78, 5) is 78.3. The number of benzene rings is 9. The molecule has 1 N–H and O–H groups in total. The number of carbonyl (C=O) groups is 5. The summed E-state index contributed by atoms with van der Waals surface area (Å²) in [5.74, 6) is -1.59. The Morgan fingerprint density at radius 3 is 1.05 bits per heavy atom. The Bertz CT molecular complexity index is 4490. The molecule has 4 aliphatic rings. The maximum absolute atomic E-state index is 15.6. The number of halogens is 1. The molecule has 0 aliphatic carbocycles. The molecule has 86 heavy (non-hydrogen) atoms. The second kappa shape index (κ2) is 18.6. The quantitative estimate of drug-likeness (QED) is 0.0770. The molecular formula is C75H73BrN2O8. The van der Waals surface area contributed by atoms with Crippen molar-refractivity contribution in [2.45, 2.75) is 169 Å². The Morgan fingerprint density at radius 1 is 0.430 bits per heavy atom. The number of rotatable bonds is 11. The molecule has 4 amide bonds. The average Bonchev–Trinajstić information content (AvgIpc) is 0.707. The third-order valence-corrected chi connectivity index (χ3v) is 22.0. The van der Waals surface area contributed by atoms with Gasteiger partial charge in [0.1, 0.15) is 17.1 Å². The van der Waals surface area contributed by atoms with Crippen LogP contribution >= 0.6 is 15.9 Å². The standard InChI is InChI=1S/C75H73BrN2O8/c1-17-70(5,6)37-29-49(69(83)84)61-50(30-37)74(13,14)52-32-39(72(9,10)19-3)35-55(63(52)85-61)77-65(79)45-25-21-41-43-23-27-47-60-48(28-24-44(58(43)60)42-22-26-46(66(77)80)59(45)57(41)42)68(82)78(67(47)81)56-36-40(73(11,12)20-4)33-53-64(56)86-62-51(75(53,15)16)31-38(34-54(62)76)71(7,8)18-2/h21-36H,17-20H2,1-16H3,(H,83,84). The van der Waals surface area contributed by atoms with Crippen LogP contribution in [0.5, 0.6) is 23.0 Å². The number of carbonyl (C=O) groups excluding carboxylic acids is 4. The van der Waals surface area contributed by atoms with Gasteiger partial charge in [-0.05, 0) is 166 Å². The molecule has 13 rings (SSSR count). The normalized spacial score (nSPS) is 16.2. The SMILES string of the molecule is CCC(C)(C)c1cc(Br)c2c(c1)C(C)(C)c1cc(C(C)(C)CC)cc(N3C(=O)c4ccc5c6ccc7c8c(ccc(c9ccc(c4c59)C3=O)c86)C(=O)N(c3cc(C(C)(C)CC)cc4c3Oc3c(C(=O)O)cc(C(C)(C)CC)cc3C4(C)C)C7=O)c1O2. The zero-order valence-corrected chi connectivity index (χ0v) is 53.7. The first kappa shape index (κ1) is 57.2. The molecule has 0 aromatic heterocycles. The van der Waals surface area contributed by atoms with Gasteiger partial charge in [0, 0.05) is 66.1 Å². The molecule has 0 bridgehead atoms. The van der Waals surface area contributed by atoms with Gasteiger partial charge in [-0.2, -0.15) is 0 Å². The smallest absolute Gasteiger partial charge is 0.339 e. The van der Waals surface area contributed by atoms with E-state index >= 15 is 19.2 Å². The molecule has 4 aliphatic heterocycles. The van der Waals surface area contributed by atoms with Gasteiger partial charge in [0.25, 0.3) is 23.6 Å². The van der Waals surface area contributed by atoms with Gasteiger partial charge < -0.3 is 14.6 Å². The van der Waals surface area contributed by atoms with Crippen LogP contribution in [-0.4, -0.2) is 34.7 Å². The number of imide groups is 2. The lowest BCUT2D eigenvalue weighted by Crippen LogP contribution is -2.41. The second-order valence-electron chi connectivity index (χ2n) is 28.2. The molecule has 0 unspecified atom stereocenters. The van der Waals surface area contributed by atoms with Crippen molar-refractivity contribution < 1.29 is 38.6 Å². The molecule has 0 saturated carbocycles. The number of fused-ring (bicyclic) bond motifs is 6. The van der Waals surface area contributed by atoms with Crippen molar-refractivity contribution in [3.8, 4) is 23.0 Å². The van der Waals surface area contributed by atoms with Gasteiger partial charge in [-0.3, -0.25) is 19.2 Å². The van der Waals surface area contributed by atoms with Gasteiger partial charge in [-0.1, -0.05) is 159 Å². The summed E-state index contributed by atoms with van der Waals surface area (Å²) in [5, 5.41) is 16.4. The van der Waals surface area contributed by atoms with Crippen LogP contribution in [0.3, 0.4) is 0 Å². The van der Waals surface area contributed by atoms with Crippen LogP contribution in [0, 0.1) is 0 Å². The minimum Gasteiger partial charge on any atom is -0.478 e. The van der Waals surface area contributed by atoms with Crippen molar-refractivity contribution in [1.82, 2.24) is 0 Å². The highest BCUT2D eigenvalue weighted by Gasteiger charge is 2.47. The highest BCUT2D eigenvalue weighted by atomic mass is 79.9. The van der Waals surface area contributed by atoms with Crippen molar-refractivity contribution in [2.24, 2.45) is 0 Å². The molecule has 4 heterocycles. The Hall–Kier alpha value is -7.89. The number of ether oxygens (including phenoxy) is 2. The minimum atomic E-state index is -1.14. The molecule has 11 heteroatoms. The number of hydrogen-bond donors (Lipinski definition) is 1. The summed E-state index contributed by atoms with van der Waals surface area (Å²) in [6, 6.07) is 31.1. The van der Waals surface area contributed by atoms with Crippen molar-refractivity contribution in [3.63, 3.8) is 0 Å². The van der Waals surface area contributed by atoms with Gasteiger partial charge in [-0.25, -0.2) is 14.6 Å². The monoisotopic (exact) mass is 1210 g/mol. The van der Waals surface area contributed by atoms with Crippen LogP contribution in [0.4, 0.5) is 11.4 Å². The third-order valence-electron chi connectivity index (χ3n) is 21.4. The Morgan fingerprint density at radius 2 is 0.721 bits per heavy atom. The molecule has 0 fully saturated rings. The van der Waals surface area contributed by atoms with E-state index in [-0.39, 0.29) is 39.0 Å². The van der Waals surface area contributed by atoms with Crippen LogP contribution in [-0.2, 0) is 32.5 Å². The van der Waals surface area contributed by atoms with Crippen molar-refractivity contribution in [2.75, 3.05) is 9.80 Å². The fourth-order valence-corrected chi connectivity index (χ4v) is 14.3. The van der Waals surface area contributed by atoms with E-state index in [1.807, 2.05) is 36.4 Å². The molecule has 438 valence electrons. The zero-order chi connectivity index (χ0) is 61.8. The van der Waals surface area contributed by atoms with E-state index in [9.17, 15) is 9.90 Å². The van der Waals surface area contributed by atoms with Crippen molar-refractivity contribution in [1.29, 1.82) is 0 Å². The first-order valence-electron chi connectivity index (χ1n) is 30.3. The summed E-state index contributed by atoms with van der Waals surface area (Å²) in [5.41, 5.74) is 6.79. The lowest BCUT2D eigenvalue weighted by molar-refractivity contribution is 0.0691.